The maximum atomic E-state index is 5.78. The van der Waals surface area contributed by atoms with Crippen molar-refractivity contribution in [3.63, 3.8) is 0 Å². The van der Waals surface area contributed by atoms with Crippen molar-refractivity contribution in [1.29, 1.82) is 0 Å². The van der Waals surface area contributed by atoms with Crippen LogP contribution in [0.2, 0.25) is 0 Å². The molecule has 0 unspecified atom stereocenters. The molecule has 0 aromatic carbocycles. The van der Waals surface area contributed by atoms with Gasteiger partial charge in [0.15, 0.2) is 0 Å². The van der Waals surface area contributed by atoms with Gasteiger partial charge in [-0.1, -0.05) is 13.8 Å². The summed E-state index contributed by atoms with van der Waals surface area (Å²) in [6.45, 7) is 6.26. The van der Waals surface area contributed by atoms with Crippen molar-refractivity contribution in [3.05, 3.63) is 18.0 Å². The largest absolute Gasteiger partial charge is 0.330 e. The van der Waals surface area contributed by atoms with Gasteiger partial charge in [-0.25, -0.2) is 0 Å². The second-order valence-electron chi connectivity index (χ2n) is 5.35. The van der Waals surface area contributed by atoms with Crippen LogP contribution in [0.15, 0.2) is 12.4 Å². The number of nitrogens with two attached hydrogens (primary N) is 1. The maximum absolute atomic E-state index is 5.78. The molecule has 2 N–H and O–H groups in total. The van der Waals surface area contributed by atoms with Gasteiger partial charge in [0.25, 0.3) is 0 Å². The maximum Gasteiger partial charge on any atom is 0.0521 e. The second-order valence-corrected chi connectivity index (χ2v) is 5.35. The van der Waals surface area contributed by atoms with Crippen LogP contribution in [0.25, 0.3) is 0 Å². The summed E-state index contributed by atoms with van der Waals surface area (Å²) >= 11 is 0. The first-order valence-electron chi connectivity index (χ1n) is 5.85. The van der Waals surface area contributed by atoms with E-state index in [4.69, 9.17) is 5.73 Å². The monoisotopic (exact) mass is 207 g/mol. The van der Waals surface area contributed by atoms with E-state index in [1.807, 2.05) is 10.9 Å². The number of hydrogen-bond donors (Lipinski definition) is 1. The van der Waals surface area contributed by atoms with Crippen molar-refractivity contribution in [2.45, 2.75) is 39.7 Å². The van der Waals surface area contributed by atoms with Crippen LogP contribution in [0.1, 0.15) is 32.3 Å². The molecule has 3 nitrogen and oxygen atoms in total. The van der Waals surface area contributed by atoms with Crippen LogP contribution in [-0.4, -0.2) is 16.3 Å². The zero-order valence-electron chi connectivity index (χ0n) is 9.74. The highest BCUT2D eigenvalue weighted by atomic mass is 15.3. The summed E-state index contributed by atoms with van der Waals surface area (Å²) in [6.07, 6.45) is 7.87. The molecule has 1 aliphatic carbocycles. The average Bonchev–Trinajstić information content (AvgIpc) is 2.82. The van der Waals surface area contributed by atoms with Crippen LogP contribution in [-0.2, 0) is 13.0 Å². The molecule has 15 heavy (non-hydrogen) atoms. The zero-order valence-corrected chi connectivity index (χ0v) is 9.74. The first-order valence-corrected chi connectivity index (χ1v) is 5.85. The molecule has 1 aliphatic rings. The van der Waals surface area contributed by atoms with E-state index in [1.165, 1.54) is 18.4 Å². The minimum absolute atomic E-state index is 0.422. The molecular weight excluding hydrogens is 186 g/mol. The molecule has 0 radical (unpaired) electrons. The van der Waals surface area contributed by atoms with Crippen molar-refractivity contribution >= 4 is 0 Å². The van der Waals surface area contributed by atoms with E-state index < -0.39 is 0 Å². The molecule has 0 spiro atoms. The van der Waals surface area contributed by atoms with E-state index in [0.29, 0.717) is 11.3 Å². The smallest absolute Gasteiger partial charge is 0.0521 e. The number of hydrogen-bond acceptors (Lipinski definition) is 2. The van der Waals surface area contributed by atoms with Gasteiger partial charge < -0.3 is 5.73 Å². The Labute approximate surface area is 91.7 Å². The fourth-order valence-corrected chi connectivity index (χ4v) is 2.03. The van der Waals surface area contributed by atoms with E-state index in [2.05, 4.69) is 25.1 Å². The second kappa shape index (κ2) is 3.97. The first-order chi connectivity index (χ1) is 7.13. The topological polar surface area (TPSA) is 43.8 Å². The lowest BCUT2D eigenvalue weighted by molar-refractivity contribution is 0.481. The van der Waals surface area contributed by atoms with Gasteiger partial charge in [0.2, 0.25) is 0 Å². The van der Waals surface area contributed by atoms with Crippen molar-refractivity contribution in [1.82, 2.24) is 9.78 Å². The fraction of sp³-hybridized carbons (Fsp3) is 0.750. The minimum atomic E-state index is 0.422. The third kappa shape index (κ3) is 2.59. The first kappa shape index (κ1) is 10.7. The quantitative estimate of drug-likeness (QED) is 0.800. The predicted octanol–water partition coefficient (Wildman–Crippen LogP) is 1.82. The van der Waals surface area contributed by atoms with Gasteiger partial charge in [-0.15, -0.1) is 0 Å². The molecule has 1 aromatic heterocycles. The van der Waals surface area contributed by atoms with Crippen LogP contribution in [0.4, 0.5) is 0 Å². The Morgan fingerprint density at radius 3 is 2.80 bits per heavy atom. The Hall–Kier alpha value is -0.830. The molecule has 2 rings (SSSR count). The van der Waals surface area contributed by atoms with E-state index in [1.54, 1.807) is 0 Å². The summed E-state index contributed by atoms with van der Waals surface area (Å²) in [7, 11) is 0. The van der Waals surface area contributed by atoms with Crippen LogP contribution in [0.5, 0.6) is 0 Å². The normalized spacial score (nSPS) is 18.4. The van der Waals surface area contributed by atoms with E-state index in [-0.39, 0.29) is 0 Å². The molecule has 0 amide bonds. The molecule has 0 saturated heterocycles. The lowest BCUT2D eigenvalue weighted by Gasteiger charge is -2.09. The van der Waals surface area contributed by atoms with Gasteiger partial charge >= 0.3 is 0 Å². The number of rotatable bonds is 5. The van der Waals surface area contributed by atoms with Gasteiger partial charge in [-0.05, 0) is 42.7 Å². The zero-order chi connectivity index (χ0) is 10.9. The molecule has 1 saturated carbocycles. The van der Waals surface area contributed by atoms with Crippen molar-refractivity contribution in [2.75, 3.05) is 6.54 Å². The van der Waals surface area contributed by atoms with Gasteiger partial charge in [0.05, 0.1) is 6.20 Å². The Balaban J connectivity index is 1.95. The van der Waals surface area contributed by atoms with Crippen LogP contribution in [0.3, 0.4) is 0 Å². The fourth-order valence-electron chi connectivity index (χ4n) is 2.03. The molecule has 0 aliphatic heterocycles. The summed E-state index contributed by atoms with van der Waals surface area (Å²) in [4.78, 5) is 0. The van der Waals surface area contributed by atoms with E-state index in [0.717, 1.165) is 19.5 Å². The van der Waals surface area contributed by atoms with Crippen LogP contribution < -0.4 is 5.73 Å². The minimum Gasteiger partial charge on any atom is -0.330 e. The SMILES string of the molecule is CC(C)Cn1cc(CC2(CN)CC2)cn1. The molecule has 0 bridgehead atoms. The third-order valence-corrected chi connectivity index (χ3v) is 3.21. The molecule has 0 atom stereocenters. The van der Waals surface area contributed by atoms with Crippen LogP contribution >= 0.6 is 0 Å². The number of nitrogens with zero attached hydrogens (tertiary/aromatic N) is 2. The highest BCUT2D eigenvalue weighted by Crippen LogP contribution is 2.47. The average molecular weight is 207 g/mol. The lowest BCUT2D eigenvalue weighted by atomic mass is 9.99. The summed E-state index contributed by atoms with van der Waals surface area (Å²) in [5, 5.41) is 4.38. The molecule has 1 aromatic rings. The molecular formula is C12H21N3. The summed E-state index contributed by atoms with van der Waals surface area (Å²) in [5.74, 6) is 0.655. The van der Waals surface area contributed by atoms with E-state index in [9.17, 15) is 0 Å². The third-order valence-electron chi connectivity index (χ3n) is 3.21. The van der Waals surface area contributed by atoms with E-state index >= 15 is 0 Å². The Morgan fingerprint density at radius 1 is 1.53 bits per heavy atom. The standard InChI is InChI=1S/C12H21N3/c1-10(2)7-15-8-11(6-14-15)5-12(9-13)3-4-12/h6,8,10H,3-5,7,9,13H2,1-2H3. The Bertz CT molecular complexity index is 323. The Kier molecular flexibility index (Phi) is 2.83. The molecule has 1 heterocycles. The highest BCUT2D eigenvalue weighted by Gasteiger charge is 2.41. The van der Waals surface area contributed by atoms with Crippen molar-refractivity contribution in [2.24, 2.45) is 17.1 Å². The van der Waals surface area contributed by atoms with Crippen LogP contribution in [0, 0.1) is 11.3 Å². The summed E-state index contributed by atoms with van der Waals surface area (Å²) in [6, 6.07) is 0. The molecule has 3 heteroatoms. The van der Waals surface area contributed by atoms with Gasteiger partial charge in [-0.2, -0.15) is 5.10 Å². The van der Waals surface area contributed by atoms with Gasteiger partial charge in [0, 0.05) is 12.7 Å². The summed E-state index contributed by atoms with van der Waals surface area (Å²) in [5.41, 5.74) is 7.55. The molecule has 84 valence electrons. The Morgan fingerprint density at radius 2 is 2.27 bits per heavy atom. The highest BCUT2D eigenvalue weighted by molar-refractivity contribution is 5.12. The molecule has 1 fully saturated rings. The number of aromatic nitrogens is 2. The van der Waals surface area contributed by atoms with Crippen molar-refractivity contribution in [3.8, 4) is 0 Å². The van der Waals surface area contributed by atoms with Gasteiger partial charge in [0.1, 0.15) is 0 Å². The lowest BCUT2D eigenvalue weighted by Crippen LogP contribution is -2.17. The van der Waals surface area contributed by atoms with Crippen molar-refractivity contribution < 1.29 is 0 Å². The predicted molar refractivity (Wildman–Crippen MR) is 61.5 cm³/mol. The summed E-state index contributed by atoms with van der Waals surface area (Å²) < 4.78 is 2.05. The van der Waals surface area contributed by atoms with Gasteiger partial charge in [-0.3, -0.25) is 4.68 Å².